The monoisotopic (exact) mass is 326 g/mol. The Balaban J connectivity index is 1.39. The quantitative estimate of drug-likeness (QED) is 0.816. The first-order valence-corrected chi connectivity index (χ1v) is 8.36. The van der Waals surface area contributed by atoms with Crippen LogP contribution in [-0.2, 0) is 13.6 Å². The Kier molecular flexibility index (Phi) is 3.80. The first-order valence-electron chi connectivity index (χ1n) is 8.36. The normalized spacial score (nSPS) is 23.7. The summed E-state index contributed by atoms with van der Waals surface area (Å²) in [5, 5.41) is 4.11. The van der Waals surface area contributed by atoms with Crippen LogP contribution in [0.1, 0.15) is 11.3 Å². The van der Waals surface area contributed by atoms with Crippen molar-refractivity contribution in [2.45, 2.75) is 13.5 Å². The van der Waals surface area contributed by atoms with Crippen molar-refractivity contribution in [3.05, 3.63) is 46.3 Å². The van der Waals surface area contributed by atoms with E-state index in [2.05, 4.69) is 30.9 Å². The molecular weight excluding hydrogens is 304 g/mol. The van der Waals surface area contributed by atoms with E-state index in [0.717, 1.165) is 49.8 Å². The van der Waals surface area contributed by atoms with Gasteiger partial charge in [-0.25, -0.2) is 14.6 Å². The predicted molar refractivity (Wildman–Crippen MR) is 90.7 cm³/mol. The first kappa shape index (κ1) is 15.3. The van der Waals surface area contributed by atoms with Gasteiger partial charge in [-0.2, -0.15) is 5.10 Å². The molecule has 2 fully saturated rings. The predicted octanol–water partition coefficient (Wildman–Crippen LogP) is 0.447. The third kappa shape index (κ3) is 2.91. The smallest absolute Gasteiger partial charge is 0.266 e. The van der Waals surface area contributed by atoms with Crippen molar-refractivity contribution in [3.8, 4) is 0 Å². The lowest BCUT2D eigenvalue weighted by Crippen LogP contribution is -2.29. The molecule has 0 bridgehead atoms. The number of anilines is 1. The molecule has 4 rings (SSSR count). The van der Waals surface area contributed by atoms with Gasteiger partial charge in [-0.05, 0) is 24.3 Å². The van der Waals surface area contributed by atoms with Crippen LogP contribution in [0, 0.1) is 18.8 Å². The maximum absolute atomic E-state index is 11.7. The molecule has 24 heavy (non-hydrogen) atoms. The average Bonchev–Trinajstić information content (AvgIpc) is 3.09. The summed E-state index contributed by atoms with van der Waals surface area (Å²) < 4.78 is 1.36. The van der Waals surface area contributed by atoms with Crippen molar-refractivity contribution in [2.24, 2.45) is 18.9 Å². The summed E-state index contributed by atoms with van der Waals surface area (Å²) in [4.78, 5) is 25.1. The van der Waals surface area contributed by atoms with E-state index >= 15 is 0 Å². The van der Waals surface area contributed by atoms with E-state index in [1.54, 1.807) is 25.6 Å². The molecule has 0 aromatic carbocycles. The van der Waals surface area contributed by atoms with Gasteiger partial charge in [0, 0.05) is 57.6 Å². The Bertz CT molecular complexity index is 790. The molecule has 2 aromatic rings. The molecule has 4 heterocycles. The number of rotatable bonds is 3. The fourth-order valence-electron chi connectivity index (χ4n) is 3.87. The van der Waals surface area contributed by atoms with Crippen LogP contribution in [0.2, 0.25) is 0 Å². The maximum Gasteiger partial charge on any atom is 0.266 e. The number of hydrogen-bond donors (Lipinski definition) is 0. The van der Waals surface area contributed by atoms with Gasteiger partial charge in [-0.15, -0.1) is 0 Å². The van der Waals surface area contributed by atoms with Gasteiger partial charge in [-0.3, -0.25) is 9.69 Å². The van der Waals surface area contributed by atoms with Crippen LogP contribution in [0.15, 0.2) is 29.5 Å². The molecule has 2 aliphatic rings. The lowest BCUT2D eigenvalue weighted by atomic mass is 10.0. The van der Waals surface area contributed by atoms with E-state index in [9.17, 15) is 4.79 Å². The van der Waals surface area contributed by atoms with Gasteiger partial charge in [0.1, 0.15) is 12.1 Å². The molecule has 126 valence electrons. The van der Waals surface area contributed by atoms with Crippen LogP contribution in [-0.4, -0.2) is 50.8 Å². The van der Waals surface area contributed by atoms with Crippen LogP contribution in [0.25, 0.3) is 0 Å². The second kappa shape index (κ2) is 5.98. The number of aromatic nitrogens is 4. The molecule has 7 nitrogen and oxygen atoms in total. The van der Waals surface area contributed by atoms with Gasteiger partial charge in [0.25, 0.3) is 5.56 Å². The number of likely N-dealkylation sites (tertiary alicyclic amines) is 1. The SMILES string of the molecule is Cc1cc(N2CC3CN(Cc4cnn(C)c(=O)c4)CC3C2)ncn1. The number of nitrogens with zero attached hydrogens (tertiary/aromatic N) is 6. The minimum Gasteiger partial charge on any atom is -0.356 e. The minimum absolute atomic E-state index is 0.0443. The molecule has 7 heteroatoms. The van der Waals surface area contributed by atoms with Crippen molar-refractivity contribution in [2.75, 3.05) is 31.1 Å². The molecule has 2 unspecified atom stereocenters. The van der Waals surface area contributed by atoms with Crippen LogP contribution < -0.4 is 10.5 Å². The topological polar surface area (TPSA) is 67.2 Å². The number of fused-ring (bicyclic) bond motifs is 1. The summed E-state index contributed by atoms with van der Waals surface area (Å²) in [5.41, 5.74) is 1.97. The zero-order valence-electron chi connectivity index (χ0n) is 14.1. The number of aryl methyl sites for hydroxylation is 2. The van der Waals surface area contributed by atoms with Crippen LogP contribution in [0.4, 0.5) is 5.82 Å². The van der Waals surface area contributed by atoms with E-state index in [1.165, 1.54) is 4.68 Å². The van der Waals surface area contributed by atoms with Crippen molar-refractivity contribution in [3.63, 3.8) is 0 Å². The Labute approximate surface area is 140 Å². The highest BCUT2D eigenvalue weighted by Crippen LogP contribution is 2.33. The van der Waals surface area contributed by atoms with E-state index in [0.29, 0.717) is 11.8 Å². The van der Waals surface area contributed by atoms with Crippen molar-refractivity contribution >= 4 is 5.82 Å². The lowest BCUT2D eigenvalue weighted by molar-refractivity contribution is 0.307. The standard InChI is InChI=1S/C17H22N6O/c1-12-3-16(19-11-18-12)23-9-14-7-22(8-15(14)10-23)6-13-4-17(24)21(2)20-5-13/h3-5,11,14-15H,6-10H2,1-2H3. The Morgan fingerprint density at radius 3 is 2.54 bits per heavy atom. The second-order valence-electron chi connectivity index (χ2n) is 6.96. The summed E-state index contributed by atoms with van der Waals surface area (Å²) in [6, 6.07) is 3.75. The van der Waals surface area contributed by atoms with Crippen LogP contribution in [0.3, 0.4) is 0 Å². The van der Waals surface area contributed by atoms with Crippen LogP contribution >= 0.6 is 0 Å². The Morgan fingerprint density at radius 1 is 1.12 bits per heavy atom. The summed E-state index contributed by atoms with van der Waals surface area (Å²) in [5.74, 6) is 2.37. The zero-order valence-corrected chi connectivity index (χ0v) is 14.1. The number of hydrogen-bond acceptors (Lipinski definition) is 6. The maximum atomic E-state index is 11.7. The molecular formula is C17H22N6O. The second-order valence-corrected chi connectivity index (χ2v) is 6.96. The summed E-state index contributed by atoms with van der Waals surface area (Å²) >= 11 is 0. The van der Waals surface area contributed by atoms with Crippen LogP contribution in [0.5, 0.6) is 0 Å². The third-order valence-electron chi connectivity index (χ3n) is 5.11. The van der Waals surface area contributed by atoms with Gasteiger partial charge >= 0.3 is 0 Å². The van der Waals surface area contributed by atoms with Gasteiger partial charge in [0.15, 0.2) is 0 Å². The van der Waals surface area contributed by atoms with Gasteiger partial charge in [-0.1, -0.05) is 0 Å². The molecule has 0 aliphatic carbocycles. The molecule has 2 aliphatic heterocycles. The minimum atomic E-state index is -0.0443. The summed E-state index contributed by atoms with van der Waals surface area (Å²) in [6.07, 6.45) is 3.44. The van der Waals surface area contributed by atoms with Crippen molar-refractivity contribution in [1.82, 2.24) is 24.6 Å². The Morgan fingerprint density at radius 2 is 1.88 bits per heavy atom. The molecule has 0 N–H and O–H groups in total. The highest BCUT2D eigenvalue weighted by Gasteiger charge is 2.40. The molecule has 2 saturated heterocycles. The van der Waals surface area contributed by atoms with Gasteiger partial charge < -0.3 is 4.90 Å². The van der Waals surface area contributed by atoms with E-state index < -0.39 is 0 Å². The van der Waals surface area contributed by atoms with E-state index in [1.807, 2.05) is 6.92 Å². The third-order valence-corrected chi connectivity index (χ3v) is 5.11. The molecule has 0 amide bonds. The van der Waals surface area contributed by atoms with E-state index in [4.69, 9.17) is 0 Å². The van der Waals surface area contributed by atoms with Gasteiger partial charge in [0.2, 0.25) is 0 Å². The highest BCUT2D eigenvalue weighted by atomic mass is 16.1. The zero-order chi connectivity index (χ0) is 16.7. The molecule has 0 radical (unpaired) electrons. The largest absolute Gasteiger partial charge is 0.356 e. The Hall–Kier alpha value is -2.28. The van der Waals surface area contributed by atoms with Gasteiger partial charge in [0.05, 0.1) is 6.20 Å². The first-order chi connectivity index (χ1) is 11.6. The summed E-state index contributed by atoms with van der Waals surface area (Å²) in [7, 11) is 1.68. The molecule has 2 aromatic heterocycles. The fraction of sp³-hybridized carbons (Fsp3) is 0.529. The fourth-order valence-corrected chi connectivity index (χ4v) is 3.87. The van der Waals surface area contributed by atoms with Crippen molar-refractivity contribution in [1.29, 1.82) is 0 Å². The average molecular weight is 326 g/mol. The lowest BCUT2D eigenvalue weighted by Gasteiger charge is -2.22. The van der Waals surface area contributed by atoms with Crippen molar-refractivity contribution < 1.29 is 0 Å². The molecule has 2 atom stereocenters. The highest BCUT2D eigenvalue weighted by molar-refractivity contribution is 5.40. The molecule has 0 saturated carbocycles. The molecule has 0 spiro atoms. The summed E-state index contributed by atoms with van der Waals surface area (Å²) in [6.45, 7) is 7.05. The van der Waals surface area contributed by atoms with E-state index in [-0.39, 0.29) is 5.56 Å².